The van der Waals surface area contributed by atoms with Gasteiger partial charge in [0.25, 0.3) is 0 Å². The number of rotatable bonds is 2. The third-order valence-electron chi connectivity index (χ3n) is 0.333. The summed E-state index contributed by atoms with van der Waals surface area (Å²) in [6.45, 7) is 6.92. The molecule has 0 N–H and O–H groups in total. The van der Waals surface area contributed by atoms with E-state index < -0.39 is 0 Å². The zero-order valence-corrected chi connectivity index (χ0v) is 7.45. The minimum absolute atomic E-state index is 0. The molecule has 0 atom stereocenters. The molecule has 0 nitrogen and oxygen atoms in total. The van der Waals surface area contributed by atoms with Crippen LogP contribution in [-0.4, -0.2) is 32.6 Å². The normalized spacial score (nSPS) is 6.50. The van der Waals surface area contributed by atoms with Crippen LogP contribution in [0.25, 0.3) is 0 Å². The predicted octanol–water partition coefficient (Wildman–Crippen LogP) is 1.97. The topological polar surface area (TPSA) is 0 Å². The van der Waals surface area contributed by atoms with E-state index in [4.69, 9.17) is 0 Å². The molecule has 0 saturated carbocycles. The Labute approximate surface area is 74.5 Å². The zero-order valence-electron chi connectivity index (χ0n) is 9.14. The van der Waals surface area contributed by atoms with Gasteiger partial charge in [0.05, 0.1) is 0 Å². The van der Waals surface area contributed by atoms with Crippen LogP contribution in [0.15, 0.2) is 25.3 Å². The van der Waals surface area contributed by atoms with E-state index in [0.717, 1.165) is 10.6 Å². The second-order valence-electron chi connectivity index (χ2n) is 1.05. The summed E-state index contributed by atoms with van der Waals surface area (Å²) in [4.78, 5) is 0. The fraction of sp³-hybridized carbons (Fsp3) is 0.333. The van der Waals surface area contributed by atoms with Crippen molar-refractivity contribution in [1.29, 1.82) is 0 Å². The van der Waals surface area contributed by atoms with E-state index in [2.05, 4.69) is 45.7 Å². The van der Waals surface area contributed by atoms with Gasteiger partial charge >= 0.3 is 68.5 Å². The fourth-order valence-electron chi connectivity index (χ4n) is 0. The van der Waals surface area contributed by atoms with Crippen LogP contribution in [0.4, 0.5) is 0 Å². The van der Waals surface area contributed by atoms with Crippen molar-refractivity contribution in [2.45, 2.75) is 10.6 Å². The van der Waals surface area contributed by atoms with Gasteiger partial charge in [0.1, 0.15) is 0 Å². The monoisotopic (exact) mass is 140 g/mol. The molecule has 0 unspecified atom stereocenters. The zero-order chi connectivity index (χ0) is 6.83. The third-order valence-corrected chi connectivity index (χ3v) is 1.00. The fourth-order valence-corrected chi connectivity index (χ4v) is 0. The van der Waals surface area contributed by atoms with Crippen LogP contribution < -0.4 is 0 Å². The van der Waals surface area contributed by atoms with E-state index in [1.54, 1.807) is 0 Å². The van der Waals surface area contributed by atoms with Crippen molar-refractivity contribution in [1.82, 2.24) is 0 Å². The van der Waals surface area contributed by atoms with Gasteiger partial charge in [0, 0.05) is 0 Å². The molecule has 2 heteroatoms. The van der Waals surface area contributed by atoms with E-state index in [9.17, 15) is 0 Å². The van der Waals surface area contributed by atoms with Crippen LogP contribution in [0.5, 0.6) is 0 Å². The Bertz CT molecular complexity index is 53.5. The quantitative estimate of drug-likeness (QED) is 0.406. The molecular formula is C6H14Al2. The third kappa shape index (κ3) is 31.1. The van der Waals surface area contributed by atoms with E-state index in [-0.39, 0.29) is 5.71 Å². The summed E-state index contributed by atoms with van der Waals surface area (Å²) in [5.41, 5.74) is 0. The first-order valence-electron chi connectivity index (χ1n) is 2.45. The average molecular weight is 140 g/mol. The van der Waals surface area contributed by atoms with E-state index in [1.807, 2.05) is 12.2 Å². The van der Waals surface area contributed by atoms with Crippen molar-refractivity contribution in [2.24, 2.45) is 0 Å². The summed E-state index contributed by atoms with van der Waals surface area (Å²) in [6.07, 6.45) is 3.68. The molecule has 0 aliphatic rings. The van der Waals surface area contributed by atoms with Crippen LogP contribution in [-0.2, 0) is 0 Å². The van der Waals surface area contributed by atoms with Gasteiger partial charge in [-0.25, -0.2) is 0 Å². The molecule has 0 heterocycles. The van der Waals surface area contributed by atoms with Gasteiger partial charge in [-0.15, -0.1) is 0 Å². The molecule has 0 aromatic rings. The Hall–Kier alpha value is 0.545. The number of hydrogen-bond donors (Lipinski definition) is 0. The van der Waals surface area contributed by atoms with Gasteiger partial charge in [-0.05, 0) is 0 Å². The van der Waals surface area contributed by atoms with Crippen molar-refractivity contribution in [2.75, 3.05) is 0 Å². The Morgan fingerprint density at radius 3 is 1.25 bits per heavy atom. The van der Waals surface area contributed by atoms with E-state index in [0.29, 0.717) is 0 Å². The van der Waals surface area contributed by atoms with Gasteiger partial charge in [-0.2, -0.15) is 0 Å². The standard InChI is InChI=1S/2C3H5.2Al.4H/c2*1-3-2;;;;;;/h2*3H,1-2H2;;;;;;/q;;2*+2;4*-1. The van der Waals surface area contributed by atoms with Crippen molar-refractivity contribution in [3.05, 3.63) is 25.3 Å². The molecule has 8 heavy (non-hydrogen) atoms. The summed E-state index contributed by atoms with van der Waals surface area (Å²) < 4.78 is 0. The van der Waals surface area contributed by atoms with Gasteiger partial charge in [0.15, 0.2) is 0 Å². The van der Waals surface area contributed by atoms with Crippen LogP contribution in [0.1, 0.15) is 5.71 Å². The first-order chi connectivity index (χ1) is 3.83. The summed E-state index contributed by atoms with van der Waals surface area (Å²) >= 11 is 5.07. The maximum Gasteiger partial charge on any atom is -1.00 e. The van der Waals surface area contributed by atoms with Crippen molar-refractivity contribution in [3.63, 3.8) is 0 Å². The van der Waals surface area contributed by atoms with Crippen molar-refractivity contribution < 1.29 is 5.71 Å². The molecule has 0 aromatic carbocycles. The molecule has 0 amide bonds. The second kappa shape index (κ2) is 15.6. The summed E-state index contributed by atoms with van der Waals surface area (Å²) in [6, 6.07) is 0. The average Bonchev–Trinajstić information content (AvgIpc) is 1.88. The van der Waals surface area contributed by atoms with Crippen LogP contribution >= 0.6 is 0 Å². The number of allylic oxidation sites excluding steroid dienone is 2. The molecule has 0 bridgehead atoms. The maximum absolute atomic E-state index is 3.46. The summed E-state index contributed by atoms with van der Waals surface area (Å²) in [5, 5.41) is 2.00. The summed E-state index contributed by atoms with van der Waals surface area (Å²) in [5.74, 6) is 0. The second-order valence-corrected chi connectivity index (χ2v) is 1.99. The Kier molecular flexibility index (Phi) is 22.2. The van der Waals surface area contributed by atoms with Gasteiger partial charge < -0.3 is 5.71 Å². The molecular weight excluding hydrogens is 126 g/mol. The first kappa shape index (κ1) is 11.4. The van der Waals surface area contributed by atoms with Crippen LogP contribution in [0.3, 0.4) is 0 Å². The predicted molar refractivity (Wildman–Crippen MR) is 46.0 cm³/mol. The molecule has 0 aromatic heterocycles. The molecule has 44 valence electrons. The molecule has 0 aliphatic heterocycles. The van der Waals surface area contributed by atoms with Crippen molar-refractivity contribution in [3.8, 4) is 0 Å². The smallest absolute Gasteiger partial charge is 1.00 e. The van der Waals surface area contributed by atoms with E-state index >= 15 is 0 Å². The maximum atomic E-state index is 3.46. The molecule has 0 rings (SSSR count). The largest absolute Gasteiger partial charge is 1.00 e. The van der Waals surface area contributed by atoms with Gasteiger partial charge in [-0.1, -0.05) is 0 Å². The summed E-state index contributed by atoms with van der Waals surface area (Å²) in [7, 11) is 0. The Morgan fingerprint density at radius 2 is 1.25 bits per heavy atom. The minimum atomic E-state index is 0. The molecule has 0 radical (unpaired) electrons. The van der Waals surface area contributed by atoms with Gasteiger partial charge in [-0.3, -0.25) is 0 Å². The minimum Gasteiger partial charge on any atom is -1.00 e. The molecule has 0 aliphatic carbocycles. The van der Waals surface area contributed by atoms with Gasteiger partial charge in [0.2, 0.25) is 0 Å². The molecule has 0 spiro atoms. The first-order valence-corrected chi connectivity index (χ1v) is 4.08. The van der Waals surface area contributed by atoms with E-state index in [1.165, 1.54) is 0 Å². The van der Waals surface area contributed by atoms with Crippen molar-refractivity contribution >= 4 is 32.6 Å². The SMILES string of the molecule is C=C[CH2][Al+2].C=C[CH2][Al+2].[H-].[H-].[H-].[H-]. The molecule has 0 saturated heterocycles. The van der Waals surface area contributed by atoms with Crippen LogP contribution in [0, 0.1) is 0 Å². The molecule has 0 fully saturated rings. The number of hydrogen-bond acceptors (Lipinski definition) is 0. The Morgan fingerprint density at radius 1 is 1.12 bits per heavy atom. The Balaban J connectivity index is -0.0000000112. The van der Waals surface area contributed by atoms with Crippen LogP contribution in [0.2, 0.25) is 10.6 Å².